The first-order valence-electron chi connectivity index (χ1n) is 13.0. The maximum atomic E-state index is 13.0. The lowest BCUT2D eigenvalue weighted by molar-refractivity contribution is -0.159. The van der Waals surface area contributed by atoms with E-state index >= 15 is 0 Å². The Kier molecular flexibility index (Phi) is 14.7. The number of esters is 3. The second-order valence-electron chi connectivity index (χ2n) is 12.3. The number of Topliss-reactive ketones (excluding diaryl/α,β-unsaturated/α-hetero) is 1. The number of ether oxygens (including phenoxy) is 4. The number of rotatable bonds is 13. The highest BCUT2D eigenvalue weighted by Gasteiger charge is 2.32. The fourth-order valence-corrected chi connectivity index (χ4v) is 3.28. The van der Waals surface area contributed by atoms with Crippen LogP contribution in [0.2, 0.25) is 0 Å². The third kappa shape index (κ3) is 17.7. The molecular formula is C27H46N2O10S. The van der Waals surface area contributed by atoms with Gasteiger partial charge in [-0.1, -0.05) is 0 Å². The third-order valence-corrected chi connectivity index (χ3v) is 4.98. The van der Waals surface area contributed by atoms with Crippen molar-refractivity contribution in [1.29, 1.82) is 0 Å². The van der Waals surface area contributed by atoms with Gasteiger partial charge in [0.05, 0.1) is 5.92 Å². The summed E-state index contributed by atoms with van der Waals surface area (Å²) in [5.41, 5.74) is -2.46. The Labute approximate surface area is 242 Å². The predicted molar refractivity (Wildman–Crippen MR) is 150 cm³/mol. The zero-order chi connectivity index (χ0) is 31.5. The topological polar surface area (TPSA) is 163 Å². The van der Waals surface area contributed by atoms with Crippen LogP contribution in [0.4, 0.5) is 4.79 Å². The van der Waals surface area contributed by atoms with Crippen molar-refractivity contribution in [2.45, 2.75) is 117 Å². The minimum atomic E-state index is -1.19. The number of thiol groups is 1. The van der Waals surface area contributed by atoms with E-state index in [4.69, 9.17) is 18.9 Å². The van der Waals surface area contributed by atoms with Gasteiger partial charge < -0.3 is 29.6 Å². The Bertz CT molecular complexity index is 916. The van der Waals surface area contributed by atoms with Crippen molar-refractivity contribution < 1.29 is 47.7 Å². The number of carbonyl (C=O) groups excluding carboxylic acids is 6. The van der Waals surface area contributed by atoms with Crippen molar-refractivity contribution in [2.24, 2.45) is 5.92 Å². The van der Waals surface area contributed by atoms with Crippen LogP contribution in [-0.2, 0) is 42.9 Å². The summed E-state index contributed by atoms with van der Waals surface area (Å²) >= 11 is 4.10. The largest absolute Gasteiger partial charge is 0.465 e. The number of amides is 2. The number of hydrogen-bond acceptors (Lipinski definition) is 11. The summed E-state index contributed by atoms with van der Waals surface area (Å²) in [5.74, 6) is -4.48. The van der Waals surface area contributed by atoms with Gasteiger partial charge in [-0.2, -0.15) is 12.6 Å². The summed E-state index contributed by atoms with van der Waals surface area (Å²) < 4.78 is 20.8. The summed E-state index contributed by atoms with van der Waals surface area (Å²) in [6.07, 6.45) is -1.57. The predicted octanol–water partition coefficient (Wildman–Crippen LogP) is 2.90. The zero-order valence-electron chi connectivity index (χ0n) is 25.3. The van der Waals surface area contributed by atoms with Crippen molar-refractivity contribution in [3.8, 4) is 0 Å². The van der Waals surface area contributed by atoms with Crippen LogP contribution < -0.4 is 10.6 Å². The van der Waals surface area contributed by atoms with Gasteiger partial charge in [-0.15, -0.1) is 0 Å². The summed E-state index contributed by atoms with van der Waals surface area (Å²) in [5, 5.41) is 4.93. The molecule has 0 radical (unpaired) electrons. The lowest BCUT2D eigenvalue weighted by atomic mass is 9.98. The van der Waals surface area contributed by atoms with Crippen molar-refractivity contribution in [1.82, 2.24) is 10.6 Å². The van der Waals surface area contributed by atoms with Gasteiger partial charge >= 0.3 is 24.0 Å². The number of carbonyl (C=O) groups is 6. The Hall–Kier alpha value is -2.83. The molecule has 0 aromatic rings. The van der Waals surface area contributed by atoms with Crippen LogP contribution in [0.3, 0.4) is 0 Å². The molecule has 0 aliphatic carbocycles. The number of hydrogen-bond donors (Lipinski definition) is 3. The summed E-state index contributed by atoms with van der Waals surface area (Å²) in [4.78, 5) is 74.7. The van der Waals surface area contributed by atoms with E-state index in [1.807, 2.05) is 0 Å². The van der Waals surface area contributed by atoms with E-state index in [1.165, 1.54) is 0 Å². The van der Waals surface area contributed by atoms with Gasteiger partial charge in [0.15, 0.2) is 0 Å². The summed E-state index contributed by atoms with van der Waals surface area (Å²) in [6.45, 7) is 15.7. The van der Waals surface area contributed by atoms with E-state index in [9.17, 15) is 28.8 Å². The average molecular weight is 591 g/mol. The summed E-state index contributed by atoms with van der Waals surface area (Å²) in [6, 6.07) is -2.29. The summed E-state index contributed by atoms with van der Waals surface area (Å²) in [7, 11) is 0. The lowest BCUT2D eigenvalue weighted by Gasteiger charge is -2.26. The normalized spacial score (nSPS) is 14.2. The van der Waals surface area contributed by atoms with Gasteiger partial charge in [0.25, 0.3) is 0 Å². The molecule has 0 spiro atoms. The fourth-order valence-electron chi connectivity index (χ4n) is 3.04. The molecule has 2 N–H and O–H groups in total. The van der Waals surface area contributed by atoms with Gasteiger partial charge in [-0.25, -0.2) is 14.4 Å². The molecule has 0 fully saturated rings. The Morgan fingerprint density at radius 3 is 1.62 bits per heavy atom. The van der Waals surface area contributed by atoms with E-state index in [2.05, 4.69) is 23.3 Å². The molecule has 0 rings (SSSR count). The molecule has 13 heteroatoms. The first-order chi connectivity index (χ1) is 18.0. The van der Waals surface area contributed by atoms with Crippen LogP contribution in [0.25, 0.3) is 0 Å². The lowest BCUT2D eigenvalue weighted by Crippen LogP contribution is -2.48. The third-order valence-electron chi connectivity index (χ3n) is 4.62. The molecule has 0 aromatic carbocycles. The molecule has 0 unspecified atom stereocenters. The smallest absolute Gasteiger partial charge is 0.408 e. The van der Waals surface area contributed by atoms with E-state index in [1.54, 1.807) is 62.3 Å². The molecule has 0 aliphatic heterocycles. The molecule has 2 amide bonds. The Morgan fingerprint density at radius 2 is 1.20 bits per heavy atom. The molecule has 3 atom stereocenters. The molecular weight excluding hydrogens is 544 g/mol. The second-order valence-corrected chi connectivity index (χ2v) is 12.7. The second kappa shape index (κ2) is 15.8. The monoisotopic (exact) mass is 590 g/mol. The molecule has 40 heavy (non-hydrogen) atoms. The van der Waals surface area contributed by atoms with Crippen molar-refractivity contribution >= 4 is 48.3 Å². The maximum Gasteiger partial charge on any atom is 0.408 e. The SMILES string of the molecule is CC(=O)OC[C@H](CC(=O)CC[C@H](NC(=O)OC(C)(C)C)C(=O)OC(C)(C)C)C(=O)N[C@@H](CS)C(=O)OC(C)(C)C. The van der Waals surface area contributed by atoms with E-state index in [0.29, 0.717) is 0 Å². The number of alkyl carbamates (subject to hydrolysis) is 1. The van der Waals surface area contributed by atoms with Crippen molar-refractivity contribution in [2.75, 3.05) is 12.4 Å². The highest BCUT2D eigenvalue weighted by atomic mass is 32.1. The van der Waals surface area contributed by atoms with Crippen LogP contribution in [-0.4, -0.2) is 76.9 Å². The Balaban J connectivity index is 5.55. The van der Waals surface area contributed by atoms with Crippen molar-refractivity contribution in [3.63, 3.8) is 0 Å². The first-order valence-corrected chi connectivity index (χ1v) is 13.7. The molecule has 0 saturated carbocycles. The molecule has 0 saturated heterocycles. The molecule has 0 aromatic heterocycles. The highest BCUT2D eigenvalue weighted by molar-refractivity contribution is 7.80. The van der Waals surface area contributed by atoms with Gasteiger partial charge in [0.1, 0.15) is 41.3 Å². The fraction of sp³-hybridized carbons (Fsp3) is 0.778. The molecule has 12 nitrogen and oxygen atoms in total. The maximum absolute atomic E-state index is 13.0. The van der Waals surface area contributed by atoms with E-state index in [-0.39, 0.29) is 25.0 Å². The minimum absolute atomic E-state index is 0.0667. The zero-order valence-corrected chi connectivity index (χ0v) is 26.2. The van der Waals surface area contributed by atoms with Crippen LogP contribution in [0.1, 0.15) is 88.5 Å². The highest BCUT2D eigenvalue weighted by Crippen LogP contribution is 2.16. The standard InChI is InChI=1S/C27H46N2O10S/c1-16(30)36-14-17(21(32)28-20(15-40)23(34)38-26(5,6)7)13-18(31)11-12-19(22(33)37-25(2,3)4)29-24(35)39-27(8,9)10/h17,19-20,40H,11-15H2,1-10H3,(H,28,32)(H,29,35)/t17-,19-,20-/m0/s1. The first kappa shape index (κ1) is 37.2. The van der Waals surface area contributed by atoms with E-state index < -0.39 is 77.1 Å². The van der Waals surface area contributed by atoms with E-state index in [0.717, 1.165) is 6.92 Å². The van der Waals surface area contributed by atoms with Crippen molar-refractivity contribution in [3.05, 3.63) is 0 Å². The molecule has 230 valence electrons. The van der Waals surface area contributed by atoms with Gasteiger partial charge in [-0.3, -0.25) is 14.4 Å². The molecule has 0 aliphatic rings. The van der Waals surface area contributed by atoms with Crippen LogP contribution >= 0.6 is 12.6 Å². The van der Waals surface area contributed by atoms with Crippen LogP contribution in [0.5, 0.6) is 0 Å². The van der Waals surface area contributed by atoms with Gasteiger partial charge in [-0.05, 0) is 68.7 Å². The molecule has 0 bridgehead atoms. The minimum Gasteiger partial charge on any atom is -0.465 e. The van der Waals surface area contributed by atoms with Crippen LogP contribution in [0.15, 0.2) is 0 Å². The number of ketones is 1. The quantitative estimate of drug-likeness (QED) is 0.165. The van der Waals surface area contributed by atoms with Gasteiger partial charge in [0.2, 0.25) is 5.91 Å². The average Bonchev–Trinajstić information content (AvgIpc) is 2.73. The number of nitrogens with one attached hydrogen (secondary N) is 2. The van der Waals surface area contributed by atoms with Gasteiger partial charge in [0, 0.05) is 25.5 Å². The Morgan fingerprint density at radius 1 is 0.725 bits per heavy atom. The molecule has 0 heterocycles. The van der Waals surface area contributed by atoms with Crippen LogP contribution in [0, 0.1) is 5.92 Å².